The Labute approximate surface area is 94.2 Å². The normalized spacial score (nSPS) is 29.4. The van der Waals surface area contributed by atoms with Gasteiger partial charge in [0, 0.05) is 12.7 Å². The molecule has 0 unspecified atom stereocenters. The number of β-lactam (4-membered cyclic amide) rings is 1. The predicted octanol–water partition coefficient (Wildman–Crippen LogP) is 0.355. The monoisotopic (exact) mass is 220 g/mol. The van der Waals surface area contributed by atoms with E-state index in [-0.39, 0.29) is 18.0 Å². The summed E-state index contributed by atoms with van der Waals surface area (Å²) >= 11 is 0. The summed E-state index contributed by atoms with van der Waals surface area (Å²) in [6.07, 6.45) is 6.31. The summed E-state index contributed by atoms with van der Waals surface area (Å²) in [7, 11) is 0. The number of hydrogen-bond donors (Lipinski definition) is 1. The Kier molecular flexibility index (Phi) is 2.04. The molecule has 0 aromatic carbocycles. The number of amides is 1. The fourth-order valence-electron chi connectivity index (χ4n) is 2.15. The number of rotatable bonds is 3. The molecule has 2 fully saturated rings. The highest BCUT2D eigenvalue weighted by atomic mass is 16.2. The van der Waals surface area contributed by atoms with Crippen molar-refractivity contribution in [3.8, 4) is 0 Å². The van der Waals surface area contributed by atoms with Crippen molar-refractivity contribution in [3.63, 3.8) is 0 Å². The fraction of sp³-hybridized carbons (Fsp3) is 0.636. The zero-order valence-corrected chi connectivity index (χ0v) is 9.34. The van der Waals surface area contributed by atoms with Crippen molar-refractivity contribution in [2.24, 2.45) is 11.7 Å². The zero-order chi connectivity index (χ0) is 11.3. The van der Waals surface area contributed by atoms with Gasteiger partial charge in [0.25, 0.3) is 0 Å². The summed E-state index contributed by atoms with van der Waals surface area (Å²) in [6.45, 7) is 2.94. The van der Waals surface area contributed by atoms with E-state index in [1.54, 1.807) is 11.1 Å². The Morgan fingerprint density at radius 2 is 2.31 bits per heavy atom. The van der Waals surface area contributed by atoms with Crippen LogP contribution in [0, 0.1) is 5.92 Å². The second-order valence-electron chi connectivity index (χ2n) is 4.84. The van der Waals surface area contributed by atoms with Gasteiger partial charge in [-0.15, -0.1) is 0 Å². The zero-order valence-electron chi connectivity index (χ0n) is 9.34. The van der Waals surface area contributed by atoms with Gasteiger partial charge in [-0.2, -0.15) is 5.10 Å². The van der Waals surface area contributed by atoms with Crippen LogP contribution in [0.4, 0.5) is 5.69 Å². The smallest absolute Gasteiger partial charge is 0.246 e. The molecular formula is C11H16N4O. The summed E-state index contributed by atoms with van der Waals surface area (Å²) in [6, 6.07) is -0.252. The molecule has 1 saturated heterocycles. The van der Waals surface area contributed by atoms with Crippen LogP contribution in [0.1, 0.15) is 19.8 Å². The van der Waals surface area contributed by atoms with Crippen molar-refractivity contribution in [2.45, 2.75) is 38.4 Å². The highest BCUT2D eigenvalue weighted by Gasteiger charge is 2.43. The van der Waals surface area contributed by atoms with E-state index in [0.717, 1.165) is 18.2 Å². The minimum Gasteiger partial charge on any atom is -0.318 e. The van der Waals surface area contributed by atoms with Gasteiger partial charge in [-0.1, -0.05) is 0 Å². The molecule has 2 N–H and O–H groups in total. The lowest BCUT2D eigenvalue weighted by atomic mass is 9.97. The van der Waals surface area contributed by atoms with Crippen LogP contribution in [0.5, 0.6) is 0 Å². The third-order valence-corrected chi connectivity index (χ3v) is 3.49. The first kappa shape index (κ1) is 9.84. The van der Waals surface area contributed by atoms with Gasteiger partial charge >= 0.3 is 0 Å². The van der Waals surface area contributed by atoms with Gasteiger partial charge in [-0.05, 0) is 25.7 Å². The summed E-state index contributed by atoms with van der Waals surface area (Å²) < 4.78 is 1.93. The average Bonchev–Trinajstić information content (AvgIpc) is 2.98. The van der Waals surface area contributed by atoms with Crippen molar-refractivity contribution in [1.82, 2.24) is 9.78 Å². The average molecular weight is 220 g/mol. The number of aromatic nitrogens is 2. The first-order chi connectivity index (χ1) is 7.66. The van der Waals surface area contributed by atoms with Gasteiger partial charge < -0.3 is 10.6 Å². The van der Waals surface area contributed by atoms with E-state index in [1.165, 1.54) is 12.8 Å². The molecule has 86 valence electrons. The van der Waals surface area contributed by atoms with E-state index < -0.39 is 0 Å². The van der Waals surface area contributed by atoms with Crippen LogP contribution < -0.4 is 10.6 Å². The lowest BCUT2D eigenvalue weighted by Gasteiger charge is -2.42. The third-order valence-electron chi connectivity index (χ3n) is 3.49. The van der Waals surface area contributed by atoms with E-state index in [2.05, 4.69) is 5.10 Å². The molecule has 0 radical (unpaired) electrons. The van der Waals surface area contributed by atoms with E-state index in [1.807, 2.05) is 17.8 Å². The molecule has 2 atom stereocenters. The van der Waals surface area contributed by atoms with Crippen LogP contribution in [-0.4, -0.2) is 27.8 Å². The maximum Gasteiger partial charge on any atom is 0.246 e. The number of anilines is 1. The third kappa shape index (κ3) is 1.43. The summed E-state index contributed by atoms with van der Waals surface area (Å²) in [5.74, 6) is 0.790. The van der Waals surface area contributed by atoms with Crippen molar-refractivity contribution in [3.05, 3.63) is 12.4 Å². The standard InChI is InChI=1S/C11H16N4O/c1-7-10(12)11(16)15(7)9-4-13-14(6-9)5-8-2-3-8/h4,6-8,10H,2-3,5,12H2,1H3/t7-,10+/m0/s1. The Morgan fingerprint density at radius 1 is 1.56 bits per heavy atom. The molecule has 2 aliphatic rings. The molecule has 1 aromatic rings. The molecule has 1 aliphatic heterocycles. The molecule has 1 saturated carbocycles. The maximum atomic E-state index is 11.6. The number of carbonyl (C=O) groups is 1. The lowest BCUT2D eigenvalue weighted by Crippen LogP contribution is -2.67. The van der Waals surface area contributed by atoms with Crippen LogP contribution in [-0.2, 0) is 11.3 Å². The first-order valence-electron chi connectivity index (χ1n) is 5.78. The second-order valence-corrected chi connectivity index (χ2v) is 4.84. The molecule has 16 heavy (non-hydrogen) atoms. The molecular weight excluding hydrogens is 204 g/mol. The minimum atomic E-state index is -0.341. The van der Waals surface area contributed by atoms with Gasteiger partial charge in [0.15, 0.2) is 0 Å². The number of nitrogens with zero attached hydrogens (tertiary/aromatic N) is 3. The van der Waals surface area contributed by atoms with Crippen molar-refractivity contribution >= 4 is 11.6 Å². The van der Waals surface area contributed by atoms with Gasteiger partial charge in [-0.25, -0.2) is 0 Å². The number of nitrogens with two attached hydrogens (primary N) is 1. The van der Waals surface area contributed by atoms with Crippen molar-refractivity contribution < 1.29 is 4.79 Å². The Balaban J connectivity index is 1.74. The van der Waals surface area contributed by atoms with Crippen LogP contribution >= 0.6 is 0 Å². The topological polar surface area (TPSA) is 64.2 Å². The first-order valence-corrected chi connectivity index (χ1v) is 5.78. The molecule has 1 aromatic heterocycles. The highest BCUT2D eigenvalue weighted by molar-refractivity contribution is 6.05. The molecule has 1 aliphatic carbocycles. The van der Waals surface area contributed by atoms with Crippen LogP contribution in [0.25, 0.3) is 0 Å². The van der Waals surface area contributed by atoms with Crippen LogP contribution in [0.15, 0.2) is 12.4 Å². The van der Waals surface area contributed by atoms with E-state index in [9.17, 15) is 4.79 Å². The van der Waals surface area contributed by atoms with Crippen LogP contribution in [0.2, 0.25) is 0 Å². The molecule has 2 heterocycles. The number of hydrogen-bond acceptors (Lipinski definition) is 3. The quantitative estimate of drug-likeness (QED) is 0.748. The SMILES string of the molecule is C[C@H]1[C@@H](N)C(=O)N1c1cnn(CC2CC2)c1. The Morgan fingerprint density at radius 3 is 2.94 bits per heavy atom. The Hall–Kier alpha value is -1.36. The number of carbonyl (C=O) groups excluding carboxylic acids is 1. The lowest BCUT2D eigenvalue weighted by molar-refractivity contribution is -0.125. The van der Waals surface area contributed by atoms with Gasteiger partial charge in [-0.3, -0.25) is 9.48 Å². The largest absolute Gasteiger partial charge is 0.318 e. The summed E-state index contributed by atoms with van der Waals surface area (Å²) in [5, 5.41) is 4.28. The van der Waals surface area contributed by atoms with E-state index in [4.69, 9.17) is 5.73 Å². The minimum absolute atomic E-state index is 0.00141. The van der Waals surface area contributed by atoms with Crippen LogP contribution in [0.3, 0.4) is 0 Å². The Bertz CT molecular complexity index is 423. The fourth-order valence-corrected chi connectivity index (χ4v) is 2.15. The summed E-state index contributed by atoms with van der Waals surface area (Å²) in [5.41, 5.74) is 6.55. The van der Waals surface area contributed by atoms with Crippen molar-refractivity contribution in [1.29, 1.82) is 0 Å². The molecule has 0 spiro atoms. The second kappa shape index (κ2) is 3.31. The van der Waals surface area contributed by atoms with Gasteiger partial charge in [0.1, 0.15) is 6.04 Å². The molecule has 0 bridgehead atoms. The summed E-state index contributed by atoms with van der Waals surface area (Å²) in [4.78, 5) is 13.3. The molecule has 1 amide bonds. The molecule has 5 nitrogen and oxygen atoms in total. The maximum absolute atomic E-state index is 11.6. The van der Waals surface area contributed by atoms with Gasteiger partial charge in [0.2, 0.25) is 5.91 Å². The van der Waals surface area contributed by atoms with Gasteiger partial charge in [0.05, 0.1) is 17.9 Å². The van der Waals surface area contributed by atoms with E-state index >= 15 is 0 Å². The van der Waals surface area contributed by atoms with E-state index in [0.29, 0.717) is 0 Å². The molecule has 5 heteroatoms. The molecule has 3 rings (SSSR count). The highest BCUT2D eigenvalue weighted by Crippen LogP contribution is 2.31. The van der Waals surface area contributed by atoms with Crippen molar-refractivity contribution in [2.75, 3.05) is 4.90 Å². The predicted molar refractivity (Wildman–Crippen MR) is 59.9 cm³/mol.